The standard InChI is InChI=1S/C20H25ClN4O2.HI/c1-26-16-8-6-15(7-9-16)24-20(22)23-14-19(25-10-12-27-13-11-25)17-4-2-3-5-18(17)21;/h2-9,19H,10-14H2,1H3,(H3,22,23,24);1H. The molecule has 6 nitrogen and oxygen atoms in total. The predicted octanol–water partition coefficient (Wildman–Crippen LogP) is 3.77. The van der Waals surface area contributed by atoms with Crippen LogP contribution in [0.1, 0.15) is 11.6 Å². The number of nitrogens with two attached hydrogens (primary N) is 1. The average Bonchev–Trinajstić information content (AvgIpc) is 2.71. The van der Waals surface area contributed by atoms with Gasteiger partial charge in [-0.05, 0) is 35.9 Å². The zero-order valence-corrected chi connectivity index (χ0v) is 18.9. The highest BCUT2D eigenvalue weighted by Gasteiger charge is 2.24. The molecule has 1 saturated heterocycles. The molecule has 28 heavy (non-hydrogen) atoms. The lowest BCUT2D eigenvalue weighted by molar-refractivity contribution is 0.0180. The normalized spacial score (nSPS) is 16.1. The largest absolute Gasteiger partial charge is 0.497 e. The summed E-state index contributed by atoms with van der Waals surface area (Å²) >= 11 is 6.45. The van der Waals surface area contributed by atoms with Crippen LogP contribution in [0.4, 0.5) is 5.69 Å². The fraction of sp³-hybridized carbons (Fsp3) is 0.350. The third-order valence-electron chi connectivity index (χ3n) is 4.55. The van der Waals surface area contributed by atoms with Crippen molar-refractivity contribution in [2.75, 3.05) is 45.3 Å². The van der Waals surface area contributed by atoms with Crippen molar-refractivity contribution in [3.8, 4) is 5.75 Å². The van der Waals surface area contributed by atoms with E-state index in [1.165, 1.54) is 0 Å². The summed E-state index contributed by atoms with van der Waals surface area (Å²) < 4.78 is 10.6. The van der Waals surface area contributed by atoms with Crippen molar-refractivity contribution in [3.05, 3.63) is 59.1 Å². The van der Waals surface area contributed by atoms with Gasteiger partial charge in [0.25, 0.3) is 0 Å². The fourth-order valence-corrected chi connectivity index (χ4v) is 3.35. The van der Waals surface area contributed by atoms with Gasteiger partial charge in [-0.2, -0.15) is 0 Å². The third kappa shape index (κ3) is 6.23. The zero-order valence-electron chi connectivity index (χ0n) is 15.8. The van der Waals surface area contributed by atoms with Crippen LogP contribution >= 0.6 is 35.6 Å². The number of guanidine groups is 1. The summed E-state index contributed by atoms with van der Waals surface area (Å²) in [5.74, 6) is 1.16. The molecule has 0 amide bonds. The molecular formula is C20H26ClIN4O2. The first-order valence-corrected chi connectivity index (χ1v) is 9.32. The maximum absolute atomic E-state index is 6.45. The molecule has 152 valence electrons. The van der Waals surface area contributed by atoms with Gasteiger partial charge in [-0.15, -0.1) is 24.0 Å². The first-order chi connectivity index (χ1) is 13.2. The summed E-state index contributed by atoms with van der Waals surface area (Å²) in [6.07, 6.45) is 0. The first-order valence-electron chi connectivity index (χ1n) is 8.94. The molecule has 1 aliphatic rings. The molecule has 1 heterocycles. The van der Waals surface area contributed by atoms with Gasteiger partial charge >= 0.3 is 0 Å². The minimum atomic E-state index is 0. The summed E-state index contributed by atoms with van der Waals surface area (Å²) in [6, 6.07) is 15.5. The van der Waals surface area contributed by atoms with Crippen molar-refractivity contribution >= 4 is 47.2 Å². The molecule has 8 heteroatoms. The Bertz CT molecular complexity index is 767. The van der Waals surface area contributed by atoms with E-state index in [0.29, 0.717) is 25.7 Å². The van der Waals surface area contributed by atoms with Gasteiger partial charge in [-0.25, -0.2) is 0 Å². The molecule has 1 atom stereocenters. The van der Waals surface area contributed by atoms with Crippen LogP contribution in [-0.2, 0) is 4.74 Å². The number of aliphatic imine (C=N–C) groups is 1. The second-order valence-corrected chi connectivity index (χ2v) is 6.67. The molecule has 0 aliphatic carbocycles. The van der Waals surface area contributed by atoms with Crippen LogP contribution in [0.5, 0.6) is 5.75 Å². The molecule has 1 fully saturated rings. The summed E-state index contributed by atoms with van der Waals surface area (Å²) in [5.41, 5.74) is 8.02. The Morgan fingerprint density at radius 1 is 1.21 bits per heavy atom. The summed E-state index contributed by atoms with van der Waals surface area (Å²) in [6.45, 7) is 3.63. The van der Waals surface area contributed by atoms with Crippen LogP contribution in [0.15, 0.2) is 53.5 Å². The molecule has 2 aromatic rings. The van der Waals surface area contributed by atoms with E-state index in [0.717, 1.165) is 35.1 Å². The van der Waals surface area contributed by atoms with Crippen molar-refractivity contribution < 1.29 is 9.47 Å². The van der Waals surface area contributed by atoms with Gasteiger partial charge in [0.05, 0.1) is 32.9 Å². The Labute approximate surface area is 188 Å². The van der Waals surface area contributed by atoms with Gasteiger partial charge in [0, 0.05) is 23.8 Å². The summed E-state index contributed by atoms with van der Waals surface area (Å²) in [4.78, 5) is 6.91. The van der Waals surface area contributed by atoms with Crippen molar-refractivity contribution in [2.24, 2.45) is 10.7 Å². The van der Waals surface area contributed by atoms with Crippen LogP contribution in [-0.4, -0.2) is 50.8 Å². The Hall–Kier alpha value is -1.55. The van der Waals surface area contributed by atoms with E-state index in [1.54, 1.807) is 7.11 Å². The lowest BCUT2D eigenvalue weighted by Gasteiger charge is -2.34. The van der Waals surface area contributed by atoms with Gasteiger partial charge in [0.2, 0.25) is 0 Å². The van der Waals surface area contributed by atoms with Crippen molar-refractivity contribution in [3.63, 3.8) is 0 Å². The molecule has 3 rings (SSSR count). The number of hydrogen-bond donors (Lipinski definition) is 2. The molecule has 2 aromatic carbocycles. The monoisotopic (exact) mass is 516 g/mol. The molecule has 3 N–H and O–H groups in total. The van der Waals surface area contributed by atoms with Crippen molar-refractivity contribution in [1.82, 2.24) is 4.90 Å². The maximum atomic E-state index is 6.45. The van der Waals surface area contributed by atoms with E-state index in [9.17, 15) is 0 Å². The van der Waals surface area contributed by atoms with Crippen LogP contribution < -0.4 is 15.8 Å². The Morgan fingerprint density at radius 3 is 2.54 bits per heavy atom. The number of benzene rings is 2. The molecule has 1 unspecified atom stereocenters. The van der Waals surface area contributed by atoms with Crippen LogP contribution in [0.3, 0.4) is 0 Å². The number of halogens is 2. The molecule has 1 aliphatic heterocycles. The minimum Gasteiger partial charge on any atom is -0.497 e. The third-order valence-corrected chi connectivity index (χ3v) is 4.89. The van der Waals surface area contributed by atoms with Gasteiger partial charge in [0.1, 0.15) is 5.75 Å². The SMILES string of the molecule is COc1ccc(NC(N)=NCC(c2ccccc2Cl)N2CCOCC2)cc1.I. The van der Waals surface area contributed by atoms with Gasteiger partial charge in [-0.1, -0.05) is 29.8 Å². The predicted molar refractivity (Wildman–Crippen MR) is 125 cm³/mol. The molecule has 0 spiro atoms. The highest BCUT2D eigenvalue weighted by Crippen LogP contribution is 2.28. The highest BCUT2D eigenvalue weighted by atomic mass is 127. The van der Waals surface area contributed by atoms with Crippen molar-refractivity contribution in [1.29, 1.82) is 0 Å². The van der Waals surface area contributed by atoms with E-state index in [4.69, 9.17) is 26.8 Å². The number of nitrogens with one attached hydrogen (secondary N) is 1. The van der Waals surface area contributed by atoms with E-state index in [-0.39, 0.29) is 30.0 Å². The molecular weight excluding hydrogens is 491 g/mol. The topological polar surface area (TPSA) is 72.1 Å². The Balaban J connectivity index is 0.00000280. The minimum absolute atomic E-state index is 0. The molecule has 0 aromatic heterocycles. The van der Waals surface area contributed by atoms with Crippen LogP contribution in [0.2, 0.25) is 5.02 Å². The second kappa shape index (κ2) is 11.5. The van der Waals surface area contributed by atoms with Crippen molar-refractivity contribution in [2.45, 2.75) is 6.04 Å². The number of nitrogens with zero attached hydrogens (tertiary/aromatic N) is 2. The smallest absolute Gasteiger partial charge is 0.193 e. The summed E-state index contributed by atoms with van der Waals surface area (Å²) in [5, 5.41) is 3.86. The number of rotatable bonds is 6. The summed E-state index contributed by atoms with van der Waals surface area (Å²) in [7, 11) is 1.64. The number of morpholine rings is 1. The number of ether oxygens (including phenoxy) is 2. The molecule has 0 bridgehead atoms. The van der Waals surface area contributed by atoms with Crippen LogP contribution in [0.25, 0.3) is 0 Å². The molecule has 0 radical (unpaired) electrons. The van der Waals surface area contributed by atoms with E-state index < -0.39 is 0 Å². The van der Waals surface area contributed by atoms with Gasteiger partial charge in [0.15, 0.2) is 5.96 Å². The molecule has 0 saturated carbocycles. The van der Waals surface area contributed by atoms with E-state index in [2.05, 4.69) is 15.2 Å². The fourth-order valence-electron chi connectivity index (χ4n) is 3.09. The maximum Gasteiger partial charge on any atom is 0.193 e. The Kier molecular flexibility index (Phi) is 9.30. The zero-order chi connectivity index (χ0) is 19.1. The lowest BCUT2D eigenvalue weighted by atomic mass is 10.0. The quantitative estimate of drug-likeness (QED) is 0.347. The second-order valence-electron chi connectivity index (χ2n) is 6.27. The Morgan fingerprint density at radius 2 is 1.89 bits per heavy atom. The van der Waals surface area contributed by atoms with Gasteiger partial charge in [-0.3, -0.25) is 9.89 Å². The number of hydrogen-bond acceptors (Lipinski definition) is 4. The van der Waals surface area contributed by atoms with Crippen LogP contribution in [0, 0.1) is 0 Å². The first kappa shape index (κ1) is 22.7. The average molecular weight is 517 g/mol. The van der Waals surface area contributed by atoms with E-state index >= 15 is 0 Å². The lowest BCUT2D eigenvalue weighted by Crippen LogP contribution is -2.40. The van der Waals surface area contributed by atoms with E-state index in [1.807, 2.05) is 48.5 Å². The van der Waals surface area contributed by atoms with Gasteiger partial charge < -0.3 is 20.5 Å². The highest BCUT2D eigenvalue weighted by molar-refractivity contribution is 14.0. The number of anilines is 1. The number of methoxy groups -OCH3 is 1.